The number of amides is 4. The van der Waals surface area contributed by atoms with E-state index in [2.05, 4.69) is 53.4 Å². The van der Waals surface area contributed by atoms with Crippen molar-refractivity contribution in [3.8, 4) is 5.75 Å². The number of benzene rings is 2. The Kier molecular flexibility index (Phi) is 26.3. The maximum absolute atomic E-state index is 13.6. The van der Waals surface area contributed by atoms with Crippen LogP contribution in [0.3, 0.4) is 0 Å². The minimum Gasteiger partial charge on any atom is -0.491 e. The molecule has 446 valence electrons. The van der Waals surface area contributed by atoms with Crippen molar-refractivity contribution >= 4 is 70.0 Å². The predicted octanol–water partition coefficient (Wildman–Crippen LogP) is 7.97. The molecule has 0 aliphatic carbocycles. The number of thioether (sulfide) groups is 1. The molecule has 0 bridgehead atoms. The first-order chi connectivity index (χ1) is 40.0. The number of ketones is 2. The van der Waals surface area contributed by atoms with Crippen LogP contribution in [-0.2, 0) is 55.8 Å². The zero-order chi connectivity index (χ0) is 57.9. The fourth-order valence-electron chi connectivity index (χ4n) is 10.1. The molecule has 2 fully saturated rings. The number of ether oxygens (including phenoxy) is 6. The minimum atomic E-state index is -0.511. The molecular weight excluding hydrogens is 1070 g/mol. The summed E-state index contributed by atoms with van der Waals surface area (Å²) in [4.78, 5) is 72.8. The summed E-state index contributed by atoms with van der Waals surface area (Å²) in [6.07, 6.45) is 11.8. The van der Waals surface area contributed by atoms with Crippen LogP contribution < -0.4 is 31.3 Å². The molecule has 4 amide bonds. The molecule has 4 aromatic rings. The number of hydrogen-bond acceptors (Lipinski definition) is 18. The Hall–Kier alpha value is -6.50. The van der Waals surface area contributed by atoms with Gasteiger partial charge in [0.25, 0.3) is 0 Å². The molecule has 5 N–H and O–H groups in total. The highest BCUT2D eigenvalue weighted by atomic mass is 32.2. The number of aromatic nitrogens is 5. The van der Waals surface area contributed by atoms with Gasteiger partial charge in [-0.25, -0.2) is 14.5 Å². The Morgan fingerprint density at radius 2 is 1.44 bits per heavy atom. The van der Waals surface area contributed by atoms with E-state index in [-0.39, 0.29) is 48.1 Å². The van der Waals surface area contributed by atoms with Gasteiger partial charge in [0.1, 0.15) is 36.0 Å². The minimum absolute atomic E-state index is 0.0515. The summed E-state index contributed by atoms with van der Waals surface area (Å²) in [6.45, 7) is 12.4. The average Bonchev–Trinajstić information content (AvgIpc) is 4.25. The van der Waals surface area contributed by atoms with Crippen molar-refractivity contribution in [1.29, 1.82) is 0 Å². The Morgan fingerprint density at radius 3 is 2.17 bits per heavy atom. The van der Waals surface area contributed by atoms with Crippen molar-refractivity contribution < 1.29 is 52.4 Å². The second-order valence-corrected chi connectivity index (χ2v) is 22.0. The van der Waals surface area contributed by atoms with Gasteiger partial charge in [-0.2, -0.15) is 16.7 Å². The van der Waals surface area contributed by atoms with Gasteiger partial charge in [-0.3, -0.25) is 19.2 Å². The van der Waals surface area contributed by atoms with Crippen LogP contribution in [-0.4, -0.2) is 162 Å². The molecule has 22 nitrogen and oxygen atoms in total. The first-order valence-electron chi connectivity index (χ1n) is 28.9. The maximum atomic E-state index is 13.6. The fraction of sp³-hybridized carbons (Fsp3) is 0.576. The number of aryl methyl sites for hydroxylation is 1. The largest absolute Gasteiger partial charge is 0.491 e. The lowest BCUT2D eigenvalue weighted by Gasteiger charge is -2.32. The molecule has 0 saturated carbocycles. The van der Waals surface area contributed by atoms with Gasteiger partial charge in [-0.15, -0.1) is 5.10 Å². The highest BCUT2D eigenvalue weighted by molar-refractivity contribution is 8.00. The third-order valence-corrected chi connectivity index (χ3v) is 16.0. The smallest absolute Gasteiger partial charge is 0.315 e. The molecule has 0 spiro atoms. The van der Waals surface area contributed by atoms with Crippen LogP contribution >= 0.6 is 11.8 Å². The summed E-state index contributed by atoms with van der Waals surface area (Å²) >= 11 is 1.91. The predicted molar refractivity (Wildman–Crippen MR) is 314 cm³/mol. The molecule has 5 atom stereocenters. The third-order valence-electron chi connectivity index (χ3n) is 14.5. The van der Waals surface area contributed by atoms with Crippen LogP contribution in [0.4, 0.5) is 33.6 Å². The lowest BCUT2D eigenvalue weighted by molar-refractivity contribution is -0.145. The normalized spacial score (nSPS) is 18.2. The quantitative estimate of drug-likeness (QED) is 0.0161. The van der Waals surface area contributed by atoms with Crippen LogP contribution in [0.25, 0.3) is 0 Å². The Labute approximate surface area is 485 Å². The second-order valence-electron chi connectivity index (χ2n) is 20.7. The monoisotopic (exact) mass is 1150 g/mol. The molecule has 0 unspecified atom stereocenters. The summed E-state index contributed by atoms with van der Waals surface area (Å²) in [5.41, 5.74) is 4.69. The van der Waals surface area contributed by atoms with Crippen LogP contribution in [0.1, 0.15) is 113 Å². The van der Waals surface area contributed by atoms with Gasteiger partial charge in [-0.1, -0.05) is 37.3 Å². The van der Waals surface area contributed by atoms with Gasteiger partial charge < -0.3 is 59.9 Å². The molecule has 7 rings (SSSR count). The summed E-state index contributed by atoms with van der Waals surface area (Å²) in [6, 6.07) is 15.2. The number of anilines is 5. The van der Waals surface area contributed by atoms with E-state index in [1.807, 2.05) is 66.7 Å². The molecule has 2 aromatic heterocycles. The van der Waals surface area contributed by atoms with E-state index >= 15 is 0 Å². The van der Waals surface area contributed by atoms with E-state index in [1.165, 1.54) is 6.08 Å². The van der Waals surface area contributed by atoms with E-state index in [4.69, 9.17) is 28.4 Å². The second kappa shape index (κ2) is 34.2. The first kappa shape index (κ1) is 63.1. The Balaban J connectivity index is 0.679. The molecule has 5 heterocycles. The van der Waals surface area contributed by atoms with Crippen LogP contribution in [0.5, 0.6) is 5.75 Å². The van der Waals surface area contributed by atoms with Crippen LogP contribution in [0, 0.1) is 6.92 Å². The number of hydrogen-bond donors (Lipinski definition) is 5. The van der Waals surface area contributed by atoms with Crippen LogP contribution in [0.15, 0.2) is 67.4 Å². The first-order valence-corrected chi connectivity index (χ1v) is 29.9. The van der Waals surface area contributed by atoms with E-state index in [9.17, 15) is 24.0 Å². The highest BCUT2D eigenvalue weighted by Crippen LogP contribution is 2.34. The van der Waals surface area contributed by atoms with Gasteiger partial charge >= 0.3 is 6.03 Å². The number of nitrogens with zero attached hydrogens (tertiary/aromatic N) is 6. The summed E-state index contributed by atoms with van der Waals surface area (Å²) in [5, 5.41) is 24.7. The van der Waals surface area contributed by atoms with Crippen molar-refractivity contribution in [2.75, 3.05) is 94.8 Å². The van der Waals surface area contributed by atoms with E-state index in [0.29, 0.717) is 145 Å². The van der Waals surface area contributed by atoms with Crippen molar-refractivity contribution in [1.82, 2.24) is 40.5 Å². The molecule has 2 aromatic carbocycles. The topological polar surface area (TPSA) is 261 Å². The zero-order valence-corrected chi connectivity index (χ0v) is 48.7. The molecular formula is C59H83N11O11S. The molecule has 0 radical (unpaired) electrons. The number of nitrogens with one attached hydrogen (secondary N) is 5. The molecule has 82 heavy (non-hydrogen) atoms. The standard InChI is InChI=1S/C59H83N11O11S/c1-5-52(73)61-43-15-12-16-44(37-43)62-56-41(2)39-60-58(66-56)63-45-17-13-22-48(38-45)81-36-35-79-30-27-70-50-25-26-69(57(76-4)42(3)54(50)67-68-70)53(74)24-14-21-47(72)20-9-11-29-78-32-34-80-33-31-77-28-10-8-19-46(71)18-6-7-23-51-55-49(40-82-51)64-59(75)65-55/h5,12-13,15-17,22,37-39,42,49,51,55,57H,1,6-11,14,18-21,23-36,40H2,2-4H3,(H,61,73)(H2,64,65,75)(H2,60,62,63,66)/t42-,49-,51-,55-,57+/m0/s1. The average molecular weight is 1150 g/mol. The Morgan fingerprint density at radius 1 is 0.780 bits per heavy atom. The van der Waals surface area contributed by atoms with E-state index in [1.54, 1.807) is 30.3 Å². The zero-order valence-electron chi connectivity index (χ0n) is 47.8. The van der Waals surface area contributed by atoms with Gasteiger partial charge in [0.2, 0.25) is 17.8 Å². The Bertz CT molecular complexity index is 2700. The van der Waals surface area contributed by atoms with Crippen molar-refractivity contribution in [2.24, 2.45) is 0 Å². The van der Waals surface area contributed by atoms with Crippen LogP contribution in [0.2, 0.25) is 0 Å². The lowest BCUT2D eigenvalue weighted by atomic mass is 10.0. The number of urea groups is 1. The third kappa shape index (κ3) is 20.4. The number of fused-ring (bicyclic) bond motifs is 2. The molecule has 23 heteroatoms. The number of carbonyl (C=O) groups is 5. The number of carbonyl (C=O) groups excluding carboxylic acids is 5. The molecule has 2 saturated heterocycles. The highest BCUT2D eigenvalue weighted by Gasteiger charge is 2.42. The van der Waals surface area contributed by atoms with Gasteiger partial charge in [-0.05, 0) is 88.3 Å². The van der Waals surface area contributed by atoms with Crippen molar-refractivity contribution in [2.45, 2.75) is 140 Å². The SMILES string of the molecule is C=CC(=O)Nc1cccc(Nc2nc(Nc3cccc(OCCOCCn4nnc5c4CCN(C(=O)CCCC(=O)CCCCOCCOCCOCCCCC(=O)CCCC[C@@H]4SC[C@@H]6NC(=O)N[C@@H]64)[C@H](OC)[C@H]5C)c3)ncc2C)c1. The summed E-state index contributed by atoms with van der Waals surface area (Å²) in [7, 11) is 1.60. The number of Topliss-reactive ketones (excluding diaryl/α,β-unsaturated/α-hetero) is 2. The fourth-order valence-corrected chi connectivity index (χ4v) is 11.7. The summed E-state index contributed by atoms with van der Waals surface area (Å²) < 4.78 is 36.6. The van der Waals surface area contributed by atoms with Gasteiger partial charge in [0, 0.05) is 117 Å². The number of unbranched alkanes of at least 4 members (excludes halogenated alkanes) is 3. The lowest BCUT2D eigenvalue weighted by Crippen LogP contribution is -2.44. The summed E-state index contributed by atoms with van der Waals surface area (Å²) in [5.74, 6) is 2.50. The van der Waals surface area contributed by atoms with Crippen molar-refractivity contribution in [3.05, 3.63) is 84.3 Å². The molecule has 3 aliphatic heterocycles. The van der Waals surface area contributed by atoms with E-state index in [0.717, 1.165) is 79.0 Å². The van der Waals surface area contributed by atoms with Crippen molar-refractivity contribution in [3.63, 3.8) is 0 Å². The maximum Gasteiger partial charge on any atom is 0.315 e. The molecule has 3 aliphatic rings. The van der Waals surface area contributed by atoms with Gasteiger partial charge in [0.15, 0.2) is 0 Å². The number of rotatable bonds is 39. The number of methoxy groups -OCH3 is 1. The van der Waals surface area contributed by atoms with E-state index < -0.39 is 6.23 Å². The van der Waals surface area contributed by atoms with Gasteiger partial charge in [0.05, 0.1) is 69.7 Å².